The third-order valence-electron chi connectivity index (χ3n) is 7.84. The maximum Gasteiger partial charge on any atom is 0.416 e. The Morgan fingerprint density at radius 2 is 1.78 bits per heavy atom. The quantitative estimate of drug-likeness (QED) is 0.462. The summed E-state index contributed by atoms with van der Waals surface area (Å²) in [4.78, 5) is 21.0. The molecule has 2 aliphatic heterocycles. The number of carbonyl (C=O) groups is 1. The minimum atomic E-state index is -4.40. The molecule has 0 spiro atoms. The van der Waals surface area contributed by atoms with Crippen LogP contribution in [0.15, 0.2) is 41.8 Å². The van der Waals surface area contributed by atoms with Crippen LogP contribution in [0.2, 0.25) is 0 Å². The molecule has 4 rings (SSSR count). The number of fused-ring (bicyclic) bond motifs is 1. The van der Waals surface area contributed by atoms with Gasteiger partial charge in [0.1, 0.15) is 11.4 Å². The fraction of sp³-hybridized carbons (Fsp3) is 0.556. The van der Waals surface area contributed by atoms with Crippen LogP contribution in [0, 0.1) is 0 Å². The van der Waals surface area contributed by atoms with E-state index in [2.05, 4.69) is 42.5 Å². The van der Waals surface area contributed by atoms with Crippen LogP contribution in [0.4, 0.5) is 18.9 Å². The Morgan fingerprint density at radius 1 is 1.06 bits per heavy atom. The number of alkyl halides is 3. The van der Waals surface area contributed by atoms with Crippen LogP contribution >= 0.6 is 11.8 Å². The molecule has 3 heterocycles. The zero-order valence-electron chi connectivity index (χ0n) is 21.7. The van der Waals surface area contributed by atoms with Gasteiger partial charge >= 0.3 is 6.18 Å². The van der Waals surface area contributed by atoms with Crippen LogP contribution in [0.1, 0.15) is 53.5 Å². The maximum atomic E-state index is 13.2. The predicted octanol–water partition coefficient (Wildman–Crippen LogP) is 6.28. The molecule has 1 fully saturated rings. The number of rotatable bonds is 5. The van der Waals surface area contributed by atoms with E-state index < -0.39 is 17.3 Å². The zero-order valence-corrected chi connectivity index (χ0v) is 22.5. The highest BCUT2D eigenvalue weighted by Gasteiger charge is 2.46. The lowest BCUT2D eigenvalue weighted by molar-refractivity contribution is -0.137. The second kappa shape index (κ2) is 9.56. The minimum absolute atomic E-state index is 0.00466. The predicted molar refractivity (Wildman–Crippen MR) is 139 cm³/mol. The van der Waals surface area contributed by atoms with Gasteiger partial charge in [0.05, 0.1) is 21.9 Å². The van der Waals surface area contributed by atoms with Gasteiger partial charge in [0, 0.05) is 49.0 Å². The summed E-state index contributed by atoms with van der Waals surface area (Å²) in [5, 5.41) is 0.801. The first-order valence-corrected chi connectivity index (χ1v) is 13.2. The molecule has 36 heavy (non-hydrogen) atoms. The summed E-state index contributed by atoms with van der Waals surface area (Å²) in [5.74, 6) is 0.765. The van der Waals surface area contributed by atoms with E-state index in [0.29, 0.717) is 11.1 Å². The molecular weight excluding hydrogens is 487 g/mol. The van der Waals surface area contributed by atoms with Crippen LogP contribution in [0.3, 0.4) is 0 Å². The van der Waals surface area contributed by atoms with Crippen molar-refractivity contribution in [2.24, 2.45) is 0 Å². The molecule has 0 aliphatic carbocycles. The van der Waals surface area contributed by atoms with Crippen molar-refractivity contribution >= 4 is 33.5 Å². The number of pyridine rings is 1. The Hall–Kier alpha value is -2.26. The van der Waals surface area contributed by atoms with E-state index in [1.807, 2.05) is 19.9 Å². The molecule has 1 unspecified atom stereocenters. The molecule has 1 saturated heterocycles. The number of aromatic nitrogens is 1. The highest BCUT2D eigenvalue weighted by Crippen LogP contribution is 2.41. The van der Waals surface area contributed by atoms with Crippen molar-refractivity contribution in [3.05, 3.63) is 47.4 Å². The lowest BCUT2D eigenvalue weighted by Gasteiger charge is -2.49. The topological polar surface area (TPSA) is 45.7 Å². The van der Waals surface area contributed by atoms with Crippen molar-refractivity contribution < 1.29 is 22.7 Å². The average molecular weight is 522 g/mol. The van der Waals surface area contributed by atoms with E-state index in [-0.39, 0.29) is 15.9 Å². The minimum Gasteiger partial charge on any atom is -0.489 e. The number of thioether (sulfide) groups is 1. The molecule has 2 aromatic rings. The summed E-state index contributed by atoms with van der Waals surface area (Å²) >= 11 is 1.30. The molecule has 1 aromatic heterocycles. The largest absolute Gasteiger partial charge is 0.489 e. The number of ether oxygens (including phenoxy) is 1. The van der Waals surface area contributed by atoms with Gasteiger partial charge in [0.25, 0.3) is 0 Å². The number of halogens is 3. The van der Waals surface area contributed by atoms with Crippen molar-refractivity contribution in [1.29, 1.82) is 0 Å². The van der Waals surface area contributed by atoms with Crippen LogP contribution in [0.25, 0.3) is 10.9 Å². The number of hydrogen-bond acceptors (Lipinski definition) is 6. The molecule has 1 atom stereocenters. The van der Waals surface area contributed by atoms with Crippen molar-refractivity contribution in [3.63, 3.8) is 0 Å². The van der Waals surface area contributed by atoms with E-state index in [0.717, 1.165) is 61.6 Å². The SMILES string of the molecule is CC1=C(OC(C)(C)C(C)(C)N2CCCN(c3ccnc4cc(C(F)(F)F)ccc34)CC2)C(C)SC1=O. The lowest BCUT2D eigenvalue weighted by atomic mass is 9.83. The first kappa shape index (κ1) is 26.8. The Balaban J connectivity index is 1.54. The van der Waals surface area contributed by atoms with Gasteiger partial charge < -0.3 is 9.64 Å². The van der Waals surface area contributed by atoms with Gasteiger partial charge in [0.15, 0.2) is 0 Å². The first-order chi connectivity index (χ1) is 16.7. The summed E-state index contributed by atoms with van der Waals surface area (Å²) < 4.78 is 46.1. The van der Waals surface area contributed by atoms with Gasteiger partial charge in [0.2, 0.25) is 5.12 Å². The first-order valence-electron chi connectivity index (χ1n) is 12.3. The zero-order chi connectivity index (χ0) is 26.5. The lowest BCUT2D eigenvalue weighted by Crippen LogP contribution is -2.60. The molecule has 2 aliphatic rings. The Labute approximate surface area is 215 Å². The number of benzene rings is 1. The second-order valence-electron chi connectivity index (χ2n) is 10.6. The normalized spacial score (nSPS) is 20.9. The summed E-state index contributed by atoms with van der Waals surface area (Å²) in [6.45, 7) is 15.5. The van der Waals surface area contributed by atoms with Crippen LogP contribution < -0.4 is 4.90 Å². The Bertz CT molecular complexity index is 1190. The van der Waals surface area contributed by atoms with Gasteiger partial charge in [-0.2, -0.15) is 13.2 Å². The molecule has 0 amide bonds. The fourth-order valence-corrected chi connectivity index (χ4v) is 5.88. The third kappa shape index (κ3) is 4.96. The van der Waals surface area contributed by atoms with Gasteiger partial charge in [-0.05, 0) is 66.2 Å². The van der Waals surface area contributed by atoms with Crippen LogP contribution in [-0.4, -0.2) is 57.6 Å². The highest BCUT2D eigenvalue weighted by molar-refractivity contribution is 8.15. The molecule has 0 radical (unpaired) electrons. The summed E-state index contributed by atoms with van der Waals surface area (Å²) in [6.07, 6.45) is -1.91. The molecule has 1 aromatic carbocycles. The van der Waals surface area contributed by atoms with E-state index in [1.54, 1.807) is 6.20 Å². The van der Waals surface area contributed by atoms with Gasteiger partial charge in [-0.25, -0.2) is 0 Å². The Morgan fingerprint density at radius 3 is 2.42 bits per heavy atom. The summed E-state index contributed by atoms with van der Waals surface area (Å²) in [7, 11) is 0. The van der Waals surface area contributed by atoms with Crippen molar-refractivity contribution in [1.82, 2.24) is 9.88 Å². The number of carbonyl (C=O) groups excluding carboxylic acids is 1. The second-order valence-corrected chi connectivity index (χ2v) is 11.9. The van der Waals surface area contributed by atoms with E-state index in [4.69, 9.17) is 4.74 Å². The Kier molecular flexibility index (Phi) is 7.11. The summed E-state index contributed by atoms with van der Waals surface area (Å²) in [5.41, 5.74) is 0.355. The monoisotopic (exact) mass is 521 g/mol. The number of hydrogen-bond donors (Lipinski definition) is 0. The number of anilines is 1. The van der Waals surface area contributed by atoms with E-state index in [9.17, 15) is 18.0 Å². The third-order valence-corrected chi connectivity index (χ3v) is 8.93. The molecule has 196 valence electrons. The van der Waals surface area contributed by atoms with Crippen molar-refractivity contribution in [3.8, 4) is 0 Å². The highest BCUT2D eigenvalue weighted by atomic mass is 32.2. The smallest absolute Gasteiger partial charge is 0.416 e. The molecule has 9 heteroatoms. The number of nitrogens with zero attached hydrogens (tertiary/aromatic N) is 3. The molecule has 5 nitrogen and oxygen atoms in total. The molecule has 0 saturated carbocycles. The van der Waals surface area contributed by atoms with Gasteiger partial charge in [-0.1, -0.05) is 17.8 Å². The van der Waals surface area contributed by atoms with Gasteiger partial charge in [-0.15, -0.1) is 0 Å². The molecule has 0 N–H and O–H groups in total. The average Bonchev–Trinajstić information content (AvgIpc) is 2.98. The van der Waals surface area contributed by atoms with Crippen LogP contribution in [0.5, 0.6) is 0 Å². The van der Waals surface area contributed by atoms with Gasteiger partial charge in [-0.3, -0.25) is 14.7 Å². The van der Waals surface area contributed by atoms with E-state index >= 15 is 0 Å². The molecule has 0 bridgehead atoms. The summed E-state index contributed by atoms with van der Waals surface area (Å²) in [6, 6.07) is 5.66. The van der Waals surface area contributed by atoms with E-state index in [1.165, 1.54) is 17.8 Å². The maximum absolute atomic E-state index is 13.2. The van der Waals surface area contributed by atoms with Crippen molar-refractivity contribution in [2.45, 2.75) is 70.5 Å². The van der Waals surface area contributed by atoms with Crippen molar-refractivity contribution in [2.75, 3.05) is 31.1 Å². The standard InChI is InChI=1S/C27H34F3N3O2S/c1-17-23(18(2)36-24(17)34)35-26(5,6)25(3,4)33-13-7-12-32(14-15-33)22-10-11-31-21-16-19(27(28,29)30)8-9-20(21)22/h8-11,16,18H,7,12-15H2,1-6H3. The molecular formula is C27H34F3N3O2S. The fourth-order valence-electron chi connectivity index (χ4n) is 4.95. The van der Waals surface area contributed by atoms with Crippen LogP contribution in [-0.2, 0) is 15.7 Å².